The van der Waals surface area contributed by atoms with Crippen LogP contribution in [0, 0.1) is 0 Å². The Labute approximate surface area is 102 Å². The van der Waals surface area contributed by atoms with E-state index in [-0.39, 0.29) is 0 Å². The molecule has 0 aliphatic heterocycles. The first kappa shape index (κ1) is 10.7. The molecule has 0 atom stereocenters. The Morgan fingerprint density at radius 1 is 0.933 bits per heavy atom. The van der Waals surface area contributed by atoms with Gasteiger partial charge in [-0.25, -0.2) is 0 Å². The zero-order valence-electron chi connectivity index (χ0n) is 7.42. The molecule has 1 heterocycles. The van der Waals surface area contributed by atoms with Crippen molar-refractivity contribution >= 4 is 34.8 Å². The van der Waals surface area contributed by atoms with Gasteiger partial charge in [-0.1, -0.05) is 46.9 Å². The van der Waals surface area contributed by atoms with Crippen molar-refractivity contribution in [2.75, 3.05) is 0 Å². The highest BCUT2D eigenvalue weighted by molar-refractivity contribution is 6.34. The number of halogens is 3. The summed E-state index contributed by atoms with van der Waals surface area (Å²) in [4.78, 5) is 0. The minimum atomic E-state index is 0.300. The lowest BCUT2D eigenvalue weighted by atomic mass is 10.1. The van der Waals surface area contributed by atoms with E-state index >= 15 is 0 Å². The average Bonchev–Trinajstić information content (AvgIpc) is 2.22. The van der Waals surface area contributed by atoms with Gasteiger partial charge in [0, 0.05) is 10.6 Å². The Morgan fingerprint density at radius 3 is 2.47 bits per heavy atom. The van der Waals surface area contributed by atoms with Crippen molar-refractivity contribution in [2.24, 2.45) is 0 Å². The summed E-state index contributed by atoms with van der Waals surface area (Å²) in [5.41, 5.74) is 1.59. The monoisotopic (exact) mass is 258 g/mol. The van der Waals surface area contributed by atoms with E-state index in [0.717, 1.165) is 11.1 Å². The van der Waals surface area contributed by atoms with Crippen LogP contribution >= 0.6 is 34.8 Å². The largest absolute Gasteiger partial charge is 0.159 e. The van der Waals surface area contributed by atoms with Crippen molar-refractivity contribution in [1.82, 2.24) is 10.2 Å². The van der Waals surface area contributed by atoms with Crippen LogP contribution in [0.1, 0.15) is 0 Å². The molecule has 2 aromatic rings. The van der Waals surface area contributed by atoms with Crippen LogP contribution in [-0.2, 0) is 0 Å². The van der Waals surface area contributed by atoms with Crippen LogP contribution in [0.5, 0.6) is 0 Å². The molecule has 0 amide bonds. The molecule has 0 aliphatic rings. The maximum atomic E-state index is 5.91. The fourth-order valence-corrected chi connectivity index (χ4v) is 1.75. The molecule has 0 saturated heterocycles. The number of aromatic nitrogens is 2. The molecule has 0 radical (unpaired) electrons. The van der Waals surface area contributed by atoms with E-state index in [4.69, 9.17) is 34.8 Å². The van der Waals surface area contributed by atoms with Gasteiger partial charge in [0.25, 0.3) is 0 Å². The first-order chi connectivity index (χ1) is 7.16. The minimum Gasteiger partial charge on any atom is -0.137 e. The normalized spacial score (nSPS) is 10.3. The summed E-state index contributed by atoms with van der Waals surface area (Å²) in [6, 6.07) is 8.95. The van der Waals surface area contributed by atoms with Gasteiger partial charge in [0.1, 0.15) is 0 Å². The lowest BCUT2D eigenvalue weighted by Gasteiger charge is -2.03. The van der Waals surface area contributed by atoms with Gasteiger partial charge in [-0.15, -0.1) is 10.2 Å². The van der Waals surface area contributed by atoms with E-state index in [1.165, 1.54) is 0 Å². The standard InChI is InChI=1S/C10H5Cl3N2/c11-7-3-1-2-6(4-7)8-5-9(12)14-15-10(8)13/h1-5H. The van der Waals surface area contributed by atoms with E-state index in [1.807, 2.05) is 12.1 Å². The van der Waals surface area contributed by atoms with Crippen molar-refractivity contribution in [1.29, 1.82) is 0 Å². The summed E-state index contributed by atoms with van der Waals surface area (Å²) in [5.74, 6) is 0. The number of nitrogens with zero attached hydrogens (tertiary/aromatic N) is 2. The van der Waals surface area contributed by atoms with Crippen LogP contribution in [0.3, 0.4) is 0 Å². The van der Waals surface area contributed by atoms with Crippen molar-refractivity contribution in [3.8, 4) is 11.1 Å². The highest BCUT2D eigenvalue weighted by Crippen LogP contribution is 2.28. The maximum Gasteiger partial charge on any atom is 0.159 e. The van der Waals surface area contributed by atoms with Gasteiger partial charge in [0.2, 0.25) is 0 Å². The molecule has 0 N–H and O–H groups in total. The van der Waals surface area contributed by atoms with E-state index in [2.05, 4.69) is 10.2 Å². The average molecular weight is 260 g/mol. The van der Waals surface area contributed by atoms with Crippen LogP contribution in [0.4, 0.5) is 0 Å². The van der Waals surface area contributed by atoms with Crippen LogP contribution in [0.2, 0.25) is 15.3 Å². The summed E-state index contributed by atoms with van der Waals surface area (Å²) in [6.45, 7) is 0. The molecule has 0 spiro atoms. The summed E-state index contributed by atoms with van der Waals surface area (Å²) < 4.78 is 0. The quantitative estimate of drug-likeness (QED) is 0.770. The molecule has 5 heteroatoms. The molecular formula is C10H5Cl3N2. The van der Waals surface area contributed by atoms with E-state index in [9.17, 15) is 0 Å². The fourth-order valence-electron chi connectivity index (χ4n) is 1.21. The highest BCUT2D eigenvalue weighted by atomic mass is 35.5. The smallest absolute Gasteiger partial charge is 0.137 e. The Kier molecular flexibility index (Phi) is 3.10. The van der Waals surface area contributed by atoms with Crippen LogP contribution in [-0.4, -0.2) is 10.2 Å². The molecule has 15 heavy (non-hydrogen) atoms. The molecule has 76 valence electrons. The van der Waals surface area contributed by atoms with Gasteiger partial charge < -0.3 is 0 Å². The number of hydrogen-bond acceptors (Lipinski definition) is 2. The van der Waals surface area contributed by atoms with E-state index in [1.54, 1.807) is 18.2 Å². The van der Waals surface area contributed by atoms with Gasteiger partial charge >= 0.3 is 0 Å². The van der Waals surface area contributed by atoms with E-state index < -0.39 is 0 Å². The second kappa shape index (κ2) is 4.35. The van der Waals surface area contributed by atoms with Gasteiger partial charge in [-0.2, -0.15) is 0 Å². The molecule has 0 aliphatic carbocycles. The van der Waals surface area contributed by atoms with E-state index in [0.29, 0.717) is 15.3 Å². The number of rotatable bonds is 1. The molecule has 1 aromatic carbocycles. The van der Waals surface area contributed by atoms with Crippen molar-refractivity contribution < 1.29 is 0 Å². The third-order valence-electron chi connectivity index (χ3n) is 1.85. The summed E-state index contributed by atoms with van der Waals surface area (Å²) in [5, 5.41) is 8.61. The van der Waals surface area contributed by atoms with Gasteiger partial charge in [-0.05, 0) is 23.8 Å². The van der Waals surface area contributed by atoms with Gasteiger partial charge in [0.05, 0.1) is 0 Å². The second-order valence-corrected chi connectivity index (χ2v) is 4.06. The predicted molar refractivity (Wildman–Crippen MR) is 62.5 cm³/mol. The van der Waals surface area contributed by atoms with Crippen LogP contribution in [0.25, 0.3) is 11.1 Å². The van der Waals surface area contributed by atoms with Crippen molar-refractivity contribution in [2.45, 2.75) is 0 Å². The number of hydrogen-bond donors (Lipinski definition) is 0. The molecule has 0 unspecified atom stereocenters. The van der Waals surface area contributed by atoms with Crippen LogP contribution < -0.4 is 0 Å². The first-order valence-electron chi connectivity index (χ1n) is 4.11. The highest BCUT2D eigenvalue weighted by Gasteiger charge is 2.06. The molecule has 1 aromatic heterocycles. The predicted octanol–water partition coefficient (Wildman–Crippen LogP) is 4.10. The Hall–Kier alpha value is -0.830. The molecule has 0 bridgehead atoms. The Bertz CT molecular complexity index is 500. The lowest BCUT2D eigenvalue weighted by molar-refractivity contribution is 1.03. The summed E-state index contributed by atoms with van der Waals surface area (Å²) >= 11 is 17.5. The minimum absolute atomic E-state index is 0.300. The molecule has 0 saturated carbocycles. The SMILES string of the molecule is Clc1cccc(-c2cc(Cl)nnc2Cl)c1. The maximum absolute atomic E-state index is 5.91. The summed E-state index contributed by atoms with van der Waals surface area (Å²) in [7, 11) is 0. The van der Waals surface area contributed by atoms with Gasteiger partial charge in [0.15, 0.2) is 10.3 Å². The molecule has 2 rings (SSSR count). The van der Waals surface area contributed by atoms with Crippen molar-refractivity contribution in [3.63, 3.8) is 0 Å². The van der Waals surface area contributed by atoms with Crippen molar-refractivity contribution in [3.05, 3.63) is 45.7 Å². The fraction of sp³-hybridized carbons (Fsp3) is 0. The Morgan fingerprint density at radius 2 is 1.73 bits per heavy atom. The zero-order valence-corrected chi connectivity index (χ0v) is 9.68. The molecule has 0 fully saturated rings. The third-order valence-corrected chi connectivity index (χ3v) is 2.55. The van der Waals surface area contributed by atoms with Crippen LogP contribution in [0.15, 0.2) is 30.3 Å². The molecular weight excluding hydrogens is 254 g/mol. The Balaban J connectivity index is 2.58. The zero-order chi connectivity index (χ0) is 10.8. The molecule has 2 nitrogen and oxygen atoms in total. The topological polar surface area (TPSA) is 25.8 Å². The lowest BCUT2D eigenvalue weighted by Crippen LogP contribution is -1.87. The summed E-state index contributed by atoms with van der Waals surface area (Å²) in [6.07, 6.45) is 0. The number of benzene rings is 1. The first-order valence-corrected chi connectivity index (χ1v) is 5.25. The second-order valence-electron chi connectivity index (χ2n) is 2.88. The third kappa shape index (κ3) is 2.40. The van der Waals surface area contributed by atoms with Gasteiger partial charge in [-0.3, -0.25) is 0 Å².